The second kappa shape index (κ2) is 8.23. The van der Waals surface area contributed by atoms with Gasteiger partial charge in [0.1, 0.15) is 5.82 Å². The summed E-state index contributed by atoms with van der Waals surface area (Å²) >= 11 is 0. The molecule has 1 N–H and O–H groups in total. The van der Waals surface area contributed by atoms with Gasteiger partial charge in [-0.15, -0.1) is 0 Å². The first-order valence-electron chi connectivity index (χ1n) is 11.1. The average Bonchev–Trinajstić information content (AvgIpc) is 3.29. The van der Waals surface area contributed by atoms with Crippen LogP contribution in [-0.2, 0) is 11.3 Å². The Morgan fingerprint density at radius 3 is 2.34 bits per heavy atom. The number of nitrogens with one attached hydrogen (secondary N) is 1. The molecule has 2 aliphatic rings. The molecule has 1 spiro atoms. The van der Waals surface area contributed by atoms with Crippen LogP contribution in [0.1, 0.15) is 53.1 Å². The van der Waals surface area contributed by atoms with Crippen molar-refractivity contribution in [2.24, 2.45) is 0 Å². The number of carbonyl (C=O) groups excluding carboxylic acids is 2. The summed E-state index contributed by atoms with van der Waals surface area (Å²) in [6.45, 7) is 0.442. The lowest BCUT2D eigenvalue weighted by molar-refractivity contribution is -0.121. The molecular weight excluding hydrogens is 403 g/mol. The number of hydrogen-bond acceptors (Lipinski definition) is 2. The standard InChI is InChI=1S/C27H25FN2O2/c28-22-14-6-7-15-23(22)29-25(31)24-20-12-4-5-13-21(20)26(32)30(27(24)16-8-9-17-27)18-19-10-2-1-3-11-19/h1-7,10-15,24H,8-9,16-18H2,(H,29,31). The van der Waals surface area contributed by atoms with E-state index in [0.717, 1.165) is 36.8 Å². The van der Waals surface area contributed by atoms with Crippen LogP contribution in [0.5, 0.6) is 0 Å². The Balaban J connectivity index is 1.61. The fraction of sp³-hybridized carbons (Fsp3) is 0.259. The Morgan fingerprint density at radius 2 is 1.59 bits per heavy atom. The van der Waals surface area contributed by atoms with E-state index in [0.29, 0.717) is 12.1 Å². The number of halogens is 1. The molecule has 0 saturated heterocycles. The molecule has 1 unspecified atom stereocenters. The second-order valence-electron chi connectivity index (χ2n) is 8.68. The fourth-order valence-corrected chi connectivity index (χ4v) is 5.43. The number of hydrogen-bond donors (Lipinski definition) is 1. The number of amides is 2. The molecule has 1 aliphatic heterocycles. The SMILES string of the molecule is O=C(Nc1ccccc1F)C1c2ccccc2C(=O)N(Cc2ccccc2)C12CCCC2. The van der Waals surface area contributed by atoms with Gasteiger partial charge in [-0.3, -0.25) is 9.59 Å². The Hall–Kier alpha value is -3.47. The molecule has 1 fully saturated rings. The van der Waals surface area contributed by atoms with Gasteiger partial charge in [0.15, 0.2) is 0 Å². The van der Waals surface area contributed by atoms with Crippen LogP contribution in [0.25, 0.3) is 0 Å². The van der Waals surface area contributed by atoms with Crippen LogP contribution >= 0.6 is 0 Å². The lowest BCUT2D eigenvalue weighted by Gasteiger charge is -2.50. The van der Waals surface area contributed by atoms with E-state index in [4.69, 9.17) is 0 Å². The van der Waals surface area contributed by atoms with Crippen LogP contribution in [0, 0.1) is 5.82 Å². The maximum Gasteiger partial charge on any atom is 0.254 e. The van der Waals surface area contributed by atoms with Crippen molar-refractivity contribution in [1.29, 1.82) is 0 Å². The van der Waals surface area contributed by atoms with E-state index >= 15 is 0 Å². The van der Waals surface area contributed by atoms with Crippen LogP contribution in [0.4, 0.5) is 10.1 Å². The van der Waals surface area contributed by atoms with Crippen molar-refractivity contribution >= 4 is 17.5 Å². The third-order valence-corrected chi connectivity index (χ3v) is 6.87. The molecule has 3 aromatic carbocycles. The molecule has 0 aromatic heterocycles. The molecule has 5 heteroatoms. The first kappa shape index (κ1) is 20.4. The smallest absolute Gasteiger partial charge is 0.254 e. The van der Waals surface area contributed by atoms with Gasteiger partial charge < -0.3 is 10.2 Å². The summed E-state index contributed by atoms with van der Waals surface area (Å²) in [5.74, 6) is -1.35. The van der Waals surface area contributed by atoms with E-state index in [1.54, 1.807) is 24.3 Å². The first-order valence-corrected chi connectivity index (χ1v) is 11.1. The zero-order valence-corrected chi connectivity index (χ0v) is 17.8. The predicted octanol–water partition coefficient (Wildman–Crippen LogP) is 5.52. The minimum absolute atomic E-state index is 0.0405. The Morgan fingerprint density at radius 1 is 0.938 bits per heavy atom. The Bertz CT molecular complexity index is 1160. The molecule has 2 amide bonds. The zero-order valence-electron chi connectivity index (χ0n) is 17.8. The van der Waals surface area contributed by atoms with Crippen molar-refractivity contribution < 1.29 is 14.0 Å². The summed E-state index contributed by atoms with van der Waals surface area (Å²) in [7, 11) is 0. The Kier molecular flexibility index (Phi) is 5.25. The molecule has 4 nitrogen and oxygen atoms in total. The summed E-state index contributed by atoms with van der Waals surface area (Å²) in [6.07, 6.45) is 3.39. The van der Waals surface area contributed by atoms with Crippen LogP contribution < -0.4 is 5.32 Å². The lowest BCUT2D eigenvalue weighted by Crippen LogP contribution is -2.59. The topological polar surface area (TPSA) is 49.4 Å². The van der Waals surface area contributed by atoms with E-state index in [1.807, 2.05) is 53.4 Å². The molecule has 5 rings (SSSR count). The maximum atomic E-state index is 14.3. The highest BCUT2D eigenvalue weighted by Crippen LogP contribution is 2.51. The third kappa shape index (κ3) is 3.38. The normalized spacial score (nSPS) is 19.1. The van der Waals surface area contributed by atoms with E-state index < -0.39 is 17.3 Å². The monoisotopic (exact) mass is 428 g/mol. The largest absolute Gasteiger partial charge is 0.327 e. The molecule has 0 radical (unpaired) electrons. The van der Waals surface area contributed by atoms with E-state index in [-0.39, 0.29) is 17.5 Å². The summed E-state index contributed by atoms with van der Waals surface area (Å²) in [5.41, 5.74) is 1.85. The van der Waals surface area contributed by atoms with Crippen LogP contribution in [0.3, 0.4) is 0 Å². The van der Waals surface area contributed by atoms with Crippen LogP contribution in [-0.4, -0.2) is 22.3 Å². The predicted molar refractivity (Wildman–Crippen MR) is 122 cm³/mol. The molecular formula is C27H25FN2O2. The summed E-state index contributed by atoms with van der Waals surface area (Å²) in [4.78, 5) is 29.3. The second-order valence-corrected chi connectivity index (χ2v) is 8.68. The minimum Gasteiger partial charge on any atom is -0.327 e. The van der Waals surface area contributed by atoms with Gasteiger partial charge in [0.05, 0.1) is 17.1 Å². The van der Waals surface area contributed by atoms with E-state index in [2.05, 4.69) is 5.32 Å². The third-order valence-electron chi connectivity index (χ3n) is 6.87. The molecule has 162 valence electrons. The van der Waals surface area contributed by atoms with Gasteiger partial charge in [-0.1, -0.05) is 73.5 Å². The number of rotatable bonds is 4. The van der Waals surface area contributed by atoms with Gasteiger partial charge >= 0.3 is 0 Å². The van der Waals surface area contributed by atoms with Crippen molar-refractivity contribution in [2.45, 2.75) is 43.7 Å². The van der Waals surface area contributed by atoms with Crippen molar-refractivity contribution in [3.63, 3.8) is 0 Å². The van der Waals surface area contributed by atoms with Crippen molar-refractivity contribution in [2.75, 3.05) is 5.32 Å². The highest BCUT2D eigenvalue weighted by Gasteiger charge is 2.55. The van der Waals surface area contributed by atoms with Gasteiger partial charge in [-0.25, -0.2) is 4.39 Å². The maximum absolute atomic E-state index is 14.3. The number of para-hydroxylation sites is 1. The van der Waals surface area contributed by atoms with Gasteiger partial charge in [0, 0.05) is 12.1 Å². The molecule has 0 bridgehead atoms. The fourth-order valence-electron chi connectivity index (χ4n) is 5.43. The number of benzene rings is 3. The van der Waals surface area contributed by atoms with Crippen LogP contribution in [0.2, 0.25) is 0 Å². The number of fused-ring (bicyclic) bond motifs is 1. The molecule has 1 atom stereocenters. The minimum atomic E-state index is -0.628. The molecule has 1 aliphatic carbocycles. The summed E-state index contributed by atoms with van der Waals surface area (Å²) < 4.78 is 14.3. The van der Waals surface area contributed by atoms with Gasteiger partial charge in [0.25, 0.3) is 5.91 Å². The summed E-state index contributed by atoms with van der Waals surface area (Å²) in [5, 5.41) is 2.82. The lowest BCUT2D eigenvalue weighted by atomic mass is 9.71. The van der Waals surface area contributed by atoms with E-state index in [9.17, 15) is 14.0 Å². The quantitative estimate of drug-likeness (QED) is 0.595. The molecule has 1 saturated carbocycles. The number of anilines is 1. The van der Waals surface area contributed by atoms with Gasteiger partial charge in [0.2, 0.25) is 5.91 Å². The Labute approximate surface area is 187 Å². The van der Waals surface area contributed by atoms with Crippen LogP contribution in [0.15, 0.2) is 78.9 Å². The summed E-state index contributed by atoms with van der Waals surface area (Å²) in [6, 6.07) is 23.4. The molecule has 1 heterocycles. The molecule has 32 heavy (non-hydrogen) atoms. The van der Waals surface area contributed by atoms with Crippen molar-refractivity contribution in [3.05, 3.63) is 101 Å². The van der Waals surface area contributed by atoms with Gasteiger partial charge in [-0.05, 0) is 42.2 Å². The van der Waals surface area contributed by atoms with Crippen molar-refractivity contribution in [1.82, 2.24) is 4.90 Å². The average molecular weight is 429 g/mol. The first-order chi connectivity index (χ1) is 15.6. The zero-order chi connectivity index (χ0) is 22.1. The number of carbonyl (C=O) groups is 2. The van der Waals surface area contributed by atoms with Gasteiger partial charge in [-0.2, -0.15) is 0 Å². The van der Waals surface area contributed by atoms with E-state index in [1.165, 1.54) is 6.07 Å². The number of nitrogens with zero attached hydrogens (tertiary/aromatic N) is 1. The molecule has 3 aromatic rings. The highest BCUT2D eigenvalue weighted by atomic mass is 19.1. The highest BCUT2D eigenvalue weighted by molar-refractivity contribution is 6.05. The van der Waals surface area contributed by atoms with Crippen molar-refractivity contribution in [3.8, 4) is 0 Å².